The Labute approximate surface area is 85.8 Å². The summed E-state index contributed by atoms with van der Waals surface area (Å²) in [6.45, 7) is 4.67. The molecule has 0 radical (unpaired) electrons. The maximum atomic E-state index is 4.44. The molecular weight excluding hydrogens is 172 g/mol. The van der Waals surface area contributed by atoms with E-state index < -0.39 is 0 Å². The number of nitrogens with zero attached hydrogens (tertiary/aromatic N) is 2. The van der Waals surface area contributed by atoms with Crippen LogP contribution < -0.4 is 0 Å². The van der Waals surface area contributed by atoms with E-state index in [2.05, 4.69) is 23.8 Å². The lowest BCUT2D eigenvalue weighted by Crippen LogP contribution is -2.28. The lowest BCUT2D eigenvalue weighted by Gasteiger charge is -2.35. The van der Waals surface area contributed by atoms with E-state index in [0.717, 1.165) is 5.92 Å². The van der Waals surface area contributed by atoms with Crippen molar-refractivity contribution >= 4 is 0 Å². The van der Waals surface area contributed by atoms with Crippen LogP contribution >= 0.6 is 0 Å². The fraction of sp³-hybridized carbons (Fsp3) is 0.667. The van der Waals surface area contributed by atoms with E-state index >= 15 is 0 Å². The Bertz CT molecular complexity index is 286. The number of rotatable bonds is 1. The Morgan fingerprint density at radius 1 is 1.29 bits per heavy atom. The second kappa shape index (κ2) is 3.68. The molecule has 1 aromatic heterocycles. The maximum absolute atomic E-state index is 4.44. The predicted octanol–water partition coefficient (Wildman–Crippen LogP) is 2.94. The highest BCUT2D eigenvalue weighted by atomic mass is 14.8. The quantitative estimate of drug-likeness (QED) is 0.680. The summed E-state index contributed by atoms with van der Waals surface area (Å²) in [5, 5.41) is 0. The second-order valence-electron chi connectivity index (χ2n) is 4.83. The molecule has 0 N–H and O–H groups in total. The standard InChI is InChI=1S/C12H18N2/c1-10-3-5-12(2,6-4-10)11-9-13-7-8-14-11/h7-10H,3-6H2,1-2H3. The molecule has 1 saturated carbocycles. The zero-order chi connectivity index (χ0) is 10.0. The first-order valence-electron chi connectivity index (χ1n) is 5.47. The van der Waals surface area contributed by atoms with Crippen LogP contribution in [0.15, 0.2) is 18.6 Å². The molecule has 0 amide bonds. The Morgan fingerprint density at radius 3 is 2.57 bits per heavy atom. The minimum Gasteiger partial charge on any atom is -0.261 e. The van der Waals surface area contributed by atoms with E-state index in [0.29, 0.717) is 0 Å². The first-order valence-corrected chi connectivity index (χ1v) is 5.47. The summed E-state index contributed by atoms with van der Waals surface area (Å²) in [6, 6.07) is 0. The fourth-order valence-electron chi connectivity index (χ4n) is 2.27. The van der Waals surface area contributed by atoms with Crippen molar-refractivity contribution in [1.29, 1.82) is 0 Å². The molecule has 0 saturated heterocycles. The summed E-state index contributed by atoms with van der Waals surface area (Å²) in [7, 11) is 0. The van der Waals surface area contributed by atoms with Crippen LogP contribution in [0.5, 0.6) is 0 Å². The van der Waals surface area contributed by atoms with Gasteiger partial charge in [-0.15, -0.1) is 0 Å². The Hall–Kier alpha value is -0.920. The largest absolute Gasteiger partial charge is 0.261 e. The average Bonchev–Trinajstić information content (AvgIpc) is 2.24. The van der Waals surface area contributed by atoms with Gasteiger partial charge in [0.2, 0.25) is 0 Å². The summed E-state index contributed by atoms with van der Waals surface area (Å²) in [5.74, 6) is 0.889. The summed E-state index contributed by atoms with van der Waals surface area (Å²) < 4.78 is 0. The third kappa shape index (κ3) is 1.79. The van der Waals surface area contributed by atoms with Gasteiger partial charge in [-0.05, 0) is 31.6 Å². The molecule has 2 nitrogen and oxygen atoms in total. The van der Waals surface area contributed by atoms with Crippen molar-refractivity contribution in [3.63, 3.8) is 0 Å². The molecule has 2 rings (SSSR count). The van der Waals surface area contributed by atoms with Crippen LogP contribution in [0.25, 0.3) is 0 Å². The van der Waals surface area contributed by atoms with E-state index in [4.69, 9.17) is 0 Å². The predicted molar refractivity (Wildman–Crippen MR) is 57.0 cm³/mol. The van der Waals surface area contributed by atoms with Crippen molar-refractivity contribution in [1.82, 2.24) is 9.97 Å². The monoisotopic (exact) mass is 190 g/mol. The number of aromatic nitrogens is 2. The van der Waals surface area contributed by atoms with Crippen molar-refractivity contribution in [2.24, 2.45) is 5.92 Å². The molecule has 1 aliphatic carbocycles. The average molecular weight is 190 g/mol. The molecule has 1 aliphatic rings. The molecule has 1 heterocycles. The van der Waals surface area contributed by atoms with Gasteiger partial charge in [0, 0.05) is 24.0 Å². The fourth-order valence-corrected chi connectivity index (χ4v) is 2.27. The number of hydrogen-bond acceptors (Lipinski definition) is 2. The van der Waals surface area contributed by atoms with Crippen molar-refractivity contribution in [3.05, 3.63) is 24.3 Å². The third-order valence-corrected chi connectivity index (χ3v) is 3.56. The summed E-state index contributed by atoms with van der Waals surface area (Å²) >= 11 is 0. The van der Waals surface area contributed by atoms with Gasteiger partial charge in [0.15, 0.2) is 0 Å². The molecule has 76 valence electrons. The Balaban J connectivity index is 2.17. The van der Waals surface area contributed by atoms with E-state index in [1.807, 2.05) is 6.20 Å². The van der Waals surface area contributed by atoms with Gasteiger partial charge in [0.25, 0.3) is 0 Å². The molecule has 0 unspecified atom stereocenters. The molecule has 0 aliphatic heterocycles. The normalized spacial score (nSPS) is 32.9. The summed E-state index contributed by atoms with van der Waals surface area (Å²) in [5.41, 5.74) is 1.45. The molecule has 2 heteroatoms. The highest BCUT2D eigenvalue weighted by molar-refractivity contribution is 5.12. The highest BCUT2D eigenvalue weighted by Gasteiger charge is 2.32. The first-order chi connectivity index (χ1) is 6.71. The molecule has 0 bridgehead atoms. The molecular formula is C12H18N2. The van der Waals surface area contributed by atoms with Gasteiger partial charge in [-0.25, -0.2) is 0 Å². The van der Waals surface area contributed by atoms with Gasteiger partial charge < -0.3 is 0 Å². The van der Waals surface area contributed by atoms with Crippen LogP contribution in [0.4, 0.5) is 0 Å². The lowest BCUT2D eigenvalue weighted by molar-refractivity contribution is 0.255. The van der Waals surface area contributed by atoms with Gasteiger partial charge in [-0.2, -0.15) is 0 Å². The zero-order valence-corrected chi connectivity index (χ0v) is 9.03. The maximum Gasteiger partial charge on any atom is 0.0645 e. The number of hydrogen-bond donors (Lipinski definition) is 0. The van der Waals surface area contributed by atoms with E-state index in [1.54, 1.807) is 12.4 Å². The van der Waals surface area contributed by atoms with Crippen molar-refractivity contribution in [3.8, 4) is 0 Å². The lowest BCUT2D eigenvalue weighted by atomic mass is 9.70. The molecule has 14 heavy (non-hydrogen) atoms. The van der Waals surface area contributed by atoms with E-state index in [1.165, 1.54) is 31.4 Å². The van der Waals surface area contributed by atoms with Crippen LogP contribution in [-0.4, -0.2) is 9.97 Å². The van der Waals surface area contributed by atoms with E-state index in [-0.39, 0.29) is 5.41 Å². The Kier molecular flexibility index (Phi) is 2.53. The summed E-state index contributed by atoms with van der Waals surface area (Å²) in [6.07, 6.45) is 10.6. The highest BCUT2D eigenvalue weighted by Crippen LogP contribution is 2.39. The first kappa shape index (κ1) is 9.63. The van der Waals surface area contributed by atoms with Crippen LogP contribution in [0, 0.1) is 5.92 Å². The van der Waals surface area contributed by atoms with Crippen molar-refractivity contribution in [2.75, 3.05) is 0 Å². The smallest absolute Gasteiger partial charge is 0.0645 e. The van der Waals surface area contributed by atoms with Gasteiger partial charge in [0.05, 0.1) is 5.69 Å². The van der Waals surface area contributed by atoms with Gasteiger partial charge in [0.1, 0.15) is 0 Å². The van der Waals surface area contributed by atoms with Gasteiger partial charge in [-0.1, -0.05) is 13.8 Å². The van der Waals surface area contributed by atoms with Crippen LogP contribution in [0.2, 0.25) is 0 Å². The second-order valence-corrected chi connectivity index (χ2v) is 4.83. The SMILES string of the molecule is CC1CCC(C)(c2cnccn2)CC1. The molecule has 0 spiro atoms. The topological polar surface area (TPSA) is 25.8 Å². The Morgan fingerprint density at radius 2 is 2.00 bits per heavy atom. The summed E-state index contributed by atoms with van der Waals surface area (Å²) in [4.78, 5) is 8.60. The minimum atomic E-state index is 0.279. The molecule has 1 aromatic rings. The van der Waals surface area contributed by atoms with Crippen molar-refractivity contribution in [2.45, 2.75) is 44.9 Å². The van der Waals surface area contributed by atoms with Gasteiger partial charge >= 0.3 is 0 Å². The molecule has 0 aromatic carbocycles. The van der Waals surface area contributed by atoms with Crippen molar-refractivity contribution < 1.29 is 0 Å². The van der Waals surface area contributed by atoms with E-state index in [9.17, 15) is 0 Å². The van der Waals surface area contributed by atoms with Crippen LogP contribution in [-0.2, 0) is 5.41 Å². The zero-order valence-electron chi connectivity index (χ0n) is 9.03. The molecule has 1 fully saturated rings. The van der Waals surface area contributed by atoms with Gasteiger partial charge in [-0.3, -0.25) is 9.97 Å². The van der Waals surface area contributed by atoms with Crippen LogP contribution in [0.1, 0.15) is 45.2 Å². The third-order valence-electron chi connectivity index (χ3n) is 3.56. The minimum absolute atomic E-state index is 0.279. The van der Waals surface area contributed by atoms with Crippen LogP contribution in [0.3, 0.4) is 0 Å². The molecule has 0 atom stereocenters.